The van der Waals surface area contributed by atoms with E-state index in [1.165, 1.54) is 6.07 Å². The predicted octanol–water partition coefficient (Wildman–Crippen LogP) is 4.32. The summed E-state index contributed by atoms with van der Waals surface area (Å²) in [5, 5.41) is 13.6. The first-order chi connectivity index (χ1) is 17.8. The molecule has 5 rings (SSSR count). The first-order valence-electron chi connectivity index (χ1n) is 12.6. The largest absolute Gasteiger partial charge is 0.483 e. The molecule has 2 fully saturated rings. The van der Waals surface area contributed by atoms with Gasteiger partial charge in [-0.2, -0.15) is 18.2 Å². The van der Waals surface area contributed by atoms with Crippen LogP contribution in [0, 0.1) is 5.92 Å². The maximum atomic E-state index is 12.9. The van der Waals surface area contributed by atoms with E-state index >= 15 is 0 Å². The zero-order chi connectivity index (χ0) is 26.0. The number of fused-ring (bicyclic) bond motifs is 1. The summed E-state index contributed by atoms with van der Waals surface area (Å²) in [5.41, 5.74) is 0.675. The van der Waals surface area contributed by atoms with Crippen molar-refractivity contribution in [3.05, 3.63) is 42.7 Å². The highest BCUT2D eigenvalue weighted by atomic mass is 19.4. The summed E-state index contributed by atoms with van der Waals surface area (Å²) < 4.78 is 44.7. The Labute approximate surface area is 212 Å². The third-order valence-electron chi connectivity index (χ3n) is 7.16. The fourth-order valence-electron chi connectivity index (χ4n) is 5.19. The number of likely N-dealkylation sites (tertiary alicyclic amines) is 1. The quantitative estimate of drug-likeness (QED) is 0.506. The van der Waals surface area contributed by atoms with Gasteiger partial charge in [0.15, 0.2) is 6.61 Å². The fourth-order valence-corrected chi connectivity index (χ4v) is 5.19. The van der Waals surface area contributed by atoms with E-state index in [4.69, 9.17) is 4.74 Å². The molecule has 3 aromatic rings. The number of benzene rings is 1. The highest BCUT2D eigenvalue weighted by Gasteiger charge is 2.31. The van der Waals surface area contributed by atoms with Gasteiger partial charge in [-0.1, -0.05) is 6.07 Å². The molecule has 8 nitrogen and oxygen atoms in total. The zero-order valence-corrected chi connectivity index (χ0v) is 20.3. The van der Waals surface area contributed by atoms with Gasteiger partial charge in [-0.25, -0.2) is 4.98 Å². The number of anilines is 1. The maximum absolute atomic E-state index is 12.9. The van der Waals surface area contributed by atoms with Crippen LogP contribution in [0.5, 0.6) is 5.75 Å². The van der Waals surface area contributed by atoms with Gasteiger partial charge in [0.2, 0.25) is 11.9 Å². The van der Waals surface area contributed by atoms with E-state index in [-0.39, 0.29) is 29.7 Å². The van der Waals surface area contributed by atoms with Gasteiger partial charge in [0.1, 0.15) is 11.6 Å². The molecular formula is C26H30F3N5O3. The van der Waals surface area contributed by atoms with E-state index in [1.807, 2.05) is 4.90 Å². The predicted molar refractivity (Wildman–Crippen MR) is 132 cm³/mol. The molecule has 1 saturated carbocycles. The highest BCUT2D eigenvalue weighted by molar-refractivity contribution is 5.87. The Kier molecular flexibility index (Phi) is 7.23. The molecule has 37 heavy (non-hydrogen) atoms. The van der Waals surface area contributed by atoms with E-state index in [9.17, 15) is 23.1 Å². The number of aromatic nitrogens is 3. The van der Waals surface area contributed by atoms with Crippen molar-refractivity contribution in [2.45, 2.75) is 56.8 Å². The lowest BCUT2D eigenvalue weighted by molar-refractivity contribution is -0.153. The summed E-state index contributed by atoms with van der Waals surface area (Å²) in [4.78, 5) is 23.7. The second-order valence-electron chi connectivity index (χ2n) is 9.77. The molecule has 0 spiro atoms. The van der Waals surface area contributed by atoms with Crippen LogP contribution in [-0.4, -0.2) is 68.5 Å². The molecule has 1 aromatic carbocycles. The van der Waals surface area contributed by atoms with Crippen LogP contribution in [0.25, 0.3) is 16.7 Å². The summed E-state index contributed by atoms with van der Waals surface area (Å²) in [7, 11) is 0. The Balaban J connectivity index is 1.22. The highest BCUT2D eigenvalue weighted by Crippen LogP contribution is 2.31. The molecular weight excluding hydrogens is 487 g/mol. The number of nitrogens with one attached hydrogen (secondary N) is 1. The van der Waals surface area contributed by atoms with Crippen molar-refractivity contribution in [3.63, 3.8) is 0 Å². The number of alkyl halides is 3. The van der Waals surface area contributed by atoms with Crippen LogP contribution in [0.4, 0.5) is 19.1 Å². The Hall–Kier alpha value is -3.34. The van der Waals surface area contributed by atoms with Crippen molar-refractivity contribution >= 4 is 22.8 Å². The van der Waals surface area contributed by atoms with Gasteiger partial charge < -0.3 is 24.6 Å². The first kappa shape index (κ1) is 25.3. The molecule has 2 aliphatic rings. The molecule has 0 unspecified atom stereocenters. The molecule has 2 N–H and O–H groups in total. The number of carbonyl (C=O) groups excluding carboxylic acids is 1. The minimum Gasteiger partial charge on any atom is -0.483 e. The summed E-state index contributed by atoms with van der Waals surface area (Å²) >= 11 is 0. The molecule has 0 atom stereocenters. The Morgan fingerprint density at radius 1 is 1.08 bits per heavy atom. The second kappa shape index (κ2) is 10.6. The van der Waals surface area contributed by atoms with Crippen LogP contribution in [0.2, 0.25) is 0 Å². The van der Waals surface area contributed by atoms with E-state index in [0.717, 1.165) is 25.7 Å². The zero-order valence-electron chi connectivity index (χ0n) is 20.3. The minimum absolute atomic E-state index is 0.0144. The summed E-state index contributed by atoms with van der Waals surface area (Å²) in [6, 6.07) is 8.55. The smallest absolute Gasteiger partial charge is 0.422 e. The van der Waals surface area contributed by atoms with E-state index in [1.54, 1.807) is 41.2 Å². The Morgan fingerprint density at radius 2 is 1.84 bits per heavy atom. The van der Waals surface area contributed by atoms with Crippen molar-refractivity contribution in [1.29, 1.82) is 0 Å². The van der Waals surface area contributed by atoms with Crippen molar-refractivity contribution < 1.29 is 27.8 Å². The molecule has 1 amide bonds. The molecule has 198 valence electrons. The number of rotatable bonds is 6. The van der Waals surface area contributed by atoms with Gasteiger partial charge in [0.05, 0.1) is 11.6 Å². The summed E-state index contributed by atoms with van der Waals surface area (Å²) in [6.45, 7) is -0.0977. The number of aliphatic hydroxyl groups is 1. The number of amides is 1. The average Bonchev–Trinajstić information content (AvgIpc) is 3.33. The van der Waals surface area contributed by atoms with Crippen LogP contribution < -0.4 is 10.1 Å². The lowest BCUT2D eigenvalue weighted by Gasteiger charge is -2.35. The third kappa shape index (κ3) is 5.98. The number of halogens is 3. The molecule has 3 heterocycles. The van der Waals surface area contributed by atoms with E-state index in [0.29, 0.717) is 48.6 Å². The van der Waals surface area contributed by atoms with Gasteiger partial charge in [0, 0.05) is 42.8 Å². The fraction of sp³-hybridized carbons (Fsp3) is 0.500. The van der Waals surface area contributed by atoms with Gasteiger partial charge in [-0.3, -0.25) is 4.79 Å². The monoisotopic (exact) mass is 517 g/mol. The number of ether oxygens (including phenoxy) is 1. The lowest BCUT2D eigenvalue weighted by Crippen LogP contribution is -2.44. The van der Waals surface area contributed by atoms with Crippen molar-refractivity contribution in [1.82, 2.24) is 19.4 Å². The normalized spacial score (nSPS) is 21.2. The average molecular weight is 518 g/mol. The van der Waals surface area contributed by atoms with Gasteiger partial charge in [0.25, 0.3) is 0 Å². The molecule has 0 radical (unpaired) electrons. The number of nitrogens with zero attached hydrogens (tertiary/aromatic N) is 4. The second-order valence-corrected chi connectivity index (χ2v) is 9.77. The maximum Gasteiger partial charge on any atom is 0.422 e. The minimum atomic E-state index is -4.42. The molecule has 0 bridgehead atoms. The molecule has 11 heteroatoms. The summed E-state index contributed by atoms with van der Waals surface area (Å²) in [6.07, 6.45) is 3.20. The van der Waals surface area contributed by atoms with Gasteiger partial charge in [-0.05, 0) is 62.8 Å². The topological polar surface area (TPSA) is 92.5 Å². The SMILES string of the molecule is O=C(C1CCC(Nc2nccc(-n3ccc4c(OCC(F)(F)F)cccc43)n2)CC1)N1CCC(O)CC1. The number of hydrogen-bond acceptors (Lipinski definition) is 6. The van der Waals surface area contributed by atoms with Crippen molar-refractivity contribution in [3.8, 4) is 11.6 Å². The van der Waals surface area contributed by atoms with Crippen LogP contribution >= 0.6 is 0 Å². The first-order valence-corrected chi connectivity index (χ1v) is 12.6. The number of hydrogen-bond donors (Lipinski definition) is 2. The molecule has 2 aromatic heterocycles. The number of carbonyl (C=O) groups is 1. The molecule has 1 aliphatic heterocycles. The van der Waals surface area contributed by atoms with Crippen molar-refractivity contribution in [2.24, 2.45) is 5.92 Å². The van der Waals surface area contributed by atoms with Crippen LogP contribution in [0.1, 0.15) is 38.5 Å². The lowest BCUT2D eigenvalue weighted by atomic mass is 9.85. The van der Waals surface area contributed by atoms with Crippen LogP contribution in [0.3, 0.4) is 0 Å². The van der Waals surface area contributed by atoms with Crippen LogP contribution in [-0.2, 0) is 4.79 Å². The summed E-state index contributed by atoms with van der Waals surface area (Å²) in [5.74, 6) is 1.41. The standard InChI is InChI=1S/C26H30F3N5O3/c27-26(28,29)16-37-22-3-1-2-21-20(22)11-15-34(21)23-8-12-30-25(32-23)31-18-6-4-17(5-7-18)24(36)33-13-9-19(35)10-14-33/h1-3,8,11-12,15,17-19,35H,4-7,9-10,13-14,16H2,(H,30,31,32). The third-order valence-corrected chi connectivity index (χ3v) is 7.16. The van der Waals surface area contributed by atoms with E-state index in [2.05, 4.69) is 15.3 Å². The van der Waals surface area contributed by atoms with Gasteiger partial charge >= 0.3 is 6.18 Å². The Bertz CT molecular complexity index is 1230. The molecule has 1 saturated heterocycles. The van der Waals surface area contributed by atoms with E-state index < -0.39 is 12.8 Å². The number of aliphatic hydroxyl groups excluding tert-OH is 1. The van der Waals surface area contributed by atoms with Gasteiger partial charge in [-0.15, -0.1) is 0 Å². The number of piperidine rings is 1. The molecule has 1 aliphatic carbocycles. The van der Waals surface area contributed by atoms with Crippen LogP contribution in [0.15, 0.2) is 42.7 Å². The van der Waals surface area contributed by atoms with Crippen molar-refractivity contribution in [2.75, 3.05) is 25.0 Å². The Morgan fingerprint density at radius 3 is 2.57 bits per heavy atom.